The van der Waals surface area contributed by atoms with Gasteiger partial charge in [0.05, 0.1) is 12.4 Å². The molecule has 0 aliphatic rings. The summed E-state index contributed by atoms with van der Waals surface area (Å²) < 4.78 is 1.84. The van der Waals surface area contributed by atoms with E-state index in [2.05, 4.69) is 10.3 Å². The van der Waals surface area contributed by atoms with Crippen LogP contribution in [0.15, 0.2) is 18.7 Å². The molecule has 5 heteroatoms. The Balaban J connectivity index is 2.15. The number of hydrogen-bond acceptors (Lipinski definition) is 3. The van der Waals surface area contributed by atoms with Gasteiger partial charge in [-0.1, -0.05) is 0 Å². The molecule has 2 N–H and O–H groups in total. The Hall–Kier alpha value is -1.36. The molecule has 0 saturated heterocycles. The van der Waals surface area contributed by atoms with Crippen molar-refractivity contribution in [2.75, 3.05) is 6.54 Å². The van der Waals surface area contributed by atoms with Crippen LogP contribution in [0.4, 0.5) is 0 Å². The summed E-state index contributed by atoms with van der Waals surface area (Å²) >= 11 is 0. The second-order valence-corrected chi connectivity index (χ2v) is 3.20. The van der Waals surface area contributed by atoms with Gasteiger partial charge in [-0.3, -0.25) is 4.79 Å². The lowest BCUT2D eigenvalue weighted by Gasteiger charge is -2.06. The van der Waals surface area contributed by atoms with Crippen LogP contribution in [0, 0.1) is 0 Å². The summed E-state index contributed by atoms with van der Waals surface area (Å²) in [5.41, 5.74) is 0. The summed E-state index contributed by atoms with van der Waals surface area (Å²) in [7, 11) is 0. The second kappa shape index (κ2) is 5.39. The van der Waals surface area contributed by atoms with E-state index < -0.39 is 6.10 Å². The van der Waals surface area contributed by atoms with E-state index in [-0.39, 0.29) is 5.91 Å². The lowest BCUT2D eigenvalue weighted by Crippen LogP contribution is -2.30. The summed E-state index contributed by atoms with van der Waals surface area (Å²) in [6.45, 7) is 2.56. The van der Waals surface area contributed by atoms with Crippen LogP contribution in [0.1, 0.15) is 13.3 Å². The minimum absolute atomic E-state index is 0.0559. The van der Waals surface area contributed by atoms with E-state index in [0.717, 1.165) is 0 Å². The lowest BCUT2D eigenvalue weighted by atomic mass is 10.3. The zero-order chi connectivity index (χ0) is 10.4. The second-order valence-electron chi connectivity index (χ2n) is 3.20. The van der Waals surface area contributed by atoms with Crippen LogP contribution in [-0.4, -0.2) is 33.2 Å². The average molecular weight is 197 g/mol. The first-order valence-electron chi connectivity index (χ1n) is 4.59. The molecule has 0 radical (unpaired) electrons. The number of carbonyl (C=O) groups is 1. The van der Waals surface area contributed by atoms with E-state index in [4.69, 9.17) is 5.11 Å². The highest BCUT2D eigenvalue weighted by molar-refractivity contribution is 5.75. The van der Waals surface area contributed by atoms with Gasteiger partial charge in [0, 0.05) is 31.9 Å². The van der Waals surface area contributed by atoms with Crippen LogP contribution in [0.3, 0.4) is 0 Å². The van der Waals surface area contributed by atoms with E-state index in [9.17, 15) is 4.79 Å². The Bertz CT molecular complexity index is 270. The summed E-state index contributed by atoms with van der Waals surface area (Å²) in [6.07, 6.45) is 5.06. The van der Waals surface area contributed by atoms with E-state index in [1.165, 1.54) is 0 Å². The Morgan fingerprint density at radius 3 is 3.07 bits per heavy atom. The lowest BCUT2D eigenvalue weighted by molar-refractivity contribution is -0.121. The van der Waals surface area contributed by atoms with Crippen molar-refractivity contribution < 1.29 is 9.90 Å². The van der Waals surface area contributed by atoms with Gasteiger partial charge in [-0.05, 0) is 6.92 Å². The monoisotopic (exact) mass is 197 g/mol. The zero-order valence-electron chi connectivity index (χ0n) is 8.18. The first kappa shape index (κ1) is 10.7. The summed E-state index contributed by atoms with van der Waals surface area (Å²) in [4.78, 5) is 15.1. The minimum atomic E-state index is -0.493. The summed E-state index contributed by atoms with van der Waals surface area (Å²) in [5, 5.41) is 11.5. The van der Waals surface area contributed by atoms with E-state index in [1.807, 2.05) is 10.8 Å². The van der Waals surface area contributed by atoms with Crippen molar-refractivity contribution in [3.8, 4) is 0 Å². The standard InChI is InChI=1S/C9H15N3O2/c1-8(13)6-11-9(14)2-4-12-5-3-10-7-12/h3,5,7-8,13H,2,4,6H2,1H3,(H,11,14). The van der Waals surface area contributed by atoms with Gasteiger partial charge in [-0.15, -0.1) is 0 Å². The Morgan fingerprint density at radius 1 is 1.71 bits per heavy atom. The third-order valence-electron chi connectivity index (χ3n) is 1.75. The van der Waals surface area contributed by atoms with Gasteiger partial charge in [-0.25, -0.2) is 4.98 Å². The molecule has 0 aliphatic heterocycles. The summed E-state index contributed by atoms with van der Waals surface area (Å²) in [6, 6.07) is 0. The Labute approximate surface area is 82.8 Å². The number of nitrogens with one attached hydrogen (secondary N) is 1. The third-order valence-corrected chi connectivity index (χ3v) is 1.75. The zero-order valence-corrected chi connectivity index (χ0v) is 8.18. The van der Waals surface area contributed by atoms with Crippen molar-refractivity contribution in [2.45, 2.75) is 26.0 Å². The molecule has 78 valence electrons. The molecular weight excluding hydrogens is 182 g/mol. The van der Waals surface area contributed by atoms with Crippen molar-refractivity contribution in [3.63, 3.8) is 0 Å². The number of amides is 1. The van der Waals surface area contributed by atoms with Crippen LogP contribution in [0.25, 0.3) is 0 Å². The number of aliphatic hydroxyl groups is 1. The van der Waals surface area contributed by atoms with Gasteiger partial charge < -0.3 is 15.0 Å². The van der Waals surface area contributed by atoms with Crippen LogP contribution < -0.4 is 5.32 Å². The highest BCUT2D eigenvalue weighted by atomic mass is 16.3. The number of imidazole rings is 1. The molecule has 1 aromatic rings. The molecule has 1 unspecified atom stereocenters. The van der Waals surface area contributed by atoms with Crippen molar-refractivity contribution in [3.05, 3.63) is 18.7 Å². The molecule has 1 amide bonds. The van der Waals surface area contributed by atoms with Gasteiger partial charge in [-0.2, -0.15) is 0 Å². The number of aromatic nitrogens is 2. The molecule has 1 atom stereocenters. The maximum atomic E-state index is 11.2. The van der Waals surface area contributed by atoms with Crippen LogP contribution in [-0.2, 0) is 11.3 Å². The van der Waals surface area contributed by atoms with E-state index in [1.54, 1.807) is 19.4 Å². The molecule has 5 nitrogen and oxygen atoms in total. The number of carbonyl (C=O) groups excluding carboxylic acids is 1. The number of rotatable bonds is 5. The predicted octanol–water partition coefficient (Wildman–Crippen LogP) is -0.230. The molecule has 0 spiro atoms. The maximum absolute atomic E-state index is 11.2. The highest BCUT2D eigenvalue weighted by Crippen LogP contribution is 1.90. The Kier molecular flexibility index (Phi) is 4.12. The van der Waals surface area contributed by atoms with Crippen molar-refractivity contribution in [1.29, 1.82) is 0 Å². The third kappa shape index (κ3) is 4.04. The van der Waals surface area contributed by atoms with Gasteiger partial charge >= 0.3 is 0 Å². The number of nitrogens with zero attached hydrogens (tertiary/aromatic N) is 2. The smallest absolute Gasteiger partial charge is 0.221 e. The Morgan fingerprint density at radius 2 is 2.50 bits per heavy atom. The first-order chi connectivity index (χ1) is 6.68. The minimum Gasteiger partial charge on any atom is -0.392 e. The van der Waals surface area contributed by atoms with Crippen LogP contribution in [0.5, 0.6) is 0 Å². The highest BCUT2D eigenvalue weighted by Gasteiger charge is 2.02. The van der Waals surface area contributed by atoms with E-state index in [0.29, 0.717) is 19.5 Å². The van der Waals surface area contributed by atoms with Crippen LogP contribution in [0.2, 0.25) is 0 Å². The normalized spacial score (nSPS) is 12.4. The number of hydrogen-bond donors (Lipinski definition) is 2. The van der Waals surface area contributed by atoms with Gasteiger partial charge in [0.25, 0.3) is 0 Å². The molecule has 0 aromatic carbocycles. The quantitative estimate of drug-likeness (QED) is 0.685. The fourth-order valence-corrected chi connectivity index (χ4v) is 1.000. The molecular formula is C9H15N3O2. The molecule has 14 heavy (non-hydrogen) atoms. The van der Waals surface area contributed by atoms with E-state index >= 15 is 0 Å². The largest absolute Gasteiger partial charge is 0.392 e. The first-order valence-corrected chi connectivity index (χ1v) is 4.59. The fraction of sp³-hybridized carbons (Fsp3) is 0.556. The number of aliphatic hydroxyl groups excluding tert-OH is 1. The molecule has 0 aliphatic carbocycles. The molecule has 0 bridgehead atoms. The van der Waals surface area contributed by atoms with Crippen molar-refractivity contribution in [1.82, 2.24) is 14.9 Å². The predicted molar refractivity (Wildman–Crippen MR) is 51.5 cm³/mol. The molecule has 1 aromatic heterocycles. The molecule has 0 fully saturated rings. The van der Waals surface area contributed by atoms with Crippen LogP contribution >= 0.6 is 0 Å². The SMILES string of the molecule is CC(O)CNC(=O)CCn1ccnc1. The average Bonchev–Trinajstić information content (AvgIpc) is 2.63. The van der Waals surface area contributed by atoms with Gasteiger partial charge in [0.2, 0.25) is 5.91 Å². The topological polar surface area (TPSA) is 67.2 Å². The van der Waals surface area contributed by atoms with Crippen molar-refractivity contribution in [2.24, 2.45) is 0 Å². The maximum Gasteiger partial charge on any atom is 0.221 e. The van der Waals surface area contributed by atoms with Gasteiger partial charge in [0.1, 0.15) is 0 Å². The number of aryl methyl sites for hydroxylation is 1. The fourth-order valence-electron chi connectivity index (χ4n) is 1.000. The summed E-state index contributed by atoms with van der Waals surface area (Å²) in [5.74, 6) is -0.0559. The molecule has 1 heterocycles. The van der Waals surface area contributed by atoms with Crippen molar-refractivity contribution >= 4 is 5.91 Å². The molecule has 0 saturated carbocycles. The molecule has 1 rings (SSSR count). The van der Waals surface area contributed by atoms with Gasteiger partial charge in [0.15, 0.2) is 0 Å².